The lowest BCUT2D eigenvalue weighted by Crippen LogP contribution is -2.45. The highest BCUT2D eigenvalue weighted by atomic mass is 16.6. The fourth-order valence-corrected chi connectivity index (χ4v) is 3.74. The van der Waals surface area contributed by atoms with Gasteiger partial charge in [-0.3, -0.25) is 19.8 Å². The van der Waals surface area contributed by atoms with Crippen molar-refractivity contribution >= 4 is 17.3 Å². The number of anilines is 1. The van der Waals surface area contributed by atoms with Gasteiger partial charge in [0.15, 0.2) is 0 Å². The fraction of sp³-hybridized carbons (Fsp3) is 0.381. The molecule has 1 aliphatic rings. The number of piperidine rings is 1. The summed E-state index contributed by atoms with van der Waals surface area (Å²) in [5.41, 5.74) is 6.82. The summed E-state index contributed by atoms with van der Waals surface area (Å²) in [6.45, 7) is 2.66. The Bertz CT molecular complexity index is 880. The molecule has 2 N–H and O–H groups in total. The number of ether oxygens (including phenoxy) is 1. The van der Waals surface area contributed by atoms with Gasteiger partial charge in [-0.1, -0.05) is 30.3 Å². The first-order valence-corrected chi connectivity index (χ1v) is 9.56. The number of hydrogen-bond acceptors (Lipinski definition) is 6. The van der Waals surface area contributed by atoms with E-state index >= 15 is 0 Å². The van der Waals surface area contributed by atoms with Gasteiger partial charge in [0.2, 0.25) is 0 Å². The standard InChI is InChI=1S/C21H26N4O4/c1-23(16-8-10-24(11-9-16)14-15-6-4-3-5-7-15)21(26)17-12-19(25(27)28)18(22)13-20(17)29-2/h3-7,12-13,16H,8-11,14,22H2,1-2H3. The van der Waals surface area contributed by atoms with Gasteiger partial charge in [-0.2, -0.15) is 0 Å². The lowest BCUT2D eigenvalue weighted by atomic mass is 10.0. The van der Waals surface area contributed by atoms with E-state index in [9.17, 15) is 14.9 Å². The maximum atomic E-state index is 13.1. The van der Waals surface area contributed by atoms with Crippen LogP contribution < -0.4 is 10.5 Å². The predicted octanol–water partition coefficient (Wildman–Crippen LogP) is 2.92. The van der Waals surface area contributed by atoms with Crippen molar-refractivity contribution in [2.75, 3.05) is 33.0 Å². The summed E-state index contributed by atoms with van der Waals surface area (Å²) >= 11 is 0. The molecule has 1 aliphatic heterocycles. The molecular weight excluding hydrogens is 372 g/mol. The molecule has 0 aromatic heterocycles. The molecule has 2 aromatic carbocycles. The third-order valence-corrected chi connectivity index (χ3v) is 5.45. The Labute approximate surface area is 170 Å². The van der Waals surface area contributed by atoms with Gasteiger partial charge in [0, 0.05) is 44.9 Å². The summed E-state index contributed by atoms with van der Waals surface area (Å²) in [4.78, 5) is 27.7. The number of nitrogen functional groups attached to an aromatic ring is 1. The van der Waals surface area contributed by atoms with Gasteiger partial charge in [0.1, 0.15) is 11.4 Å². The van der Waals surface area contributed by atoms with Crippen LogP contribution in [0, 0.1) is 10.1 Å². The van der Waals surface area contributed by atoms with Crippen LogP contribution in [0.25, 0.3) is 0 Å². The summed E-state index contributed by atoms with van der Waals surface area (Å²) in [7, 11) is 3.15. The molecular formula is C21H26N4O4. The third kappa shape index (κ3) is 4.65. The highest BCUT2D eigenvalue weighted by Crippen LogP contribution is 2.32. The van der Waals surface area contributed by atoms with E-state index < -0.39 is 4.92 Å². The maximum absolute atomic E-state index is 13.1. The molecule has 154 valence electrons. The normalized spacial score (nSPS) is 15.1. The number of carbonyl (C=O) groups is 1. The molecule has 8 heteroatoms. The number of methoxy groups -OCH3 is 1. The highest BCUT2D eigenvalue weighted by molar-refractivity contribution is 5.98. The van der Waals surface area contributed by atoms with Crippen molar-refractivity contribution in [3.8, 4) is 5.75 Å². The predicted molar refractivity (Wildman–Crippen MR) is 111 cm³/mol. The van der Waals surface area contributed by atoms with E-state index in [2.05, 4.69) is 17.0 Å². The molecule has 29 heavy (non-hydrogen) atoms. The molecule has 2 aromatic rings. The molecule has 0 unspecified atom stereocenters. The van der Waals surface area contributed by atoms with Gasteiger partial charge in [-0.15, -0.1) is 0 Å². The SMILES string of the molecule is COc1cc(N)c([N+](=O)[O-])cc1C(=O)N(C)C1CCN(Cc2ccccc2)CC1. The van der Waals surface area contributed by atoms with Crippen LogP contribution in [-0.4, -0.2) is 53.9 Å². The minimum absolute atomic E-state index is 0.0275. The van der Waals surface area contributed by atoms with E-state index in [1.54, 1.807) is 11.9 Å². The largest absolute Gasteiger partial charge is 0.496 e. The van der Waals surface area contributed by atoms with Crippen LogP contribution in [-0.2, 0) is 6.54 Å². The topological polar surface area (TPSA) is 102 Å². The van der Waals surface area contributed by atoms with Crippen molar-refractivity contribution in [3.63, 3.8) is 0 Å². The van der Waals surface area contributed by atoms with E-state index in [1.807, 2.05) is 18.2 Å². The smallest absolute Gasteiger partial charge is 0.293 e. The van der Waals surface area contributed by atoms with E-state index in [4.69, 9.17) is 10.5 Å². The Hall–Kier alpha value is -3.13. The zero-order valence-corrected chi connectivity index (χ0v) is 16.7. The van der Waals surface area contributed by atoms with Crippen molar-refractivity contribution in [1.29, 1.82) is 0 Å². The first kappa shape index (κ1) is 20.6. The van der Waals surface area contributed by atoms with Crippen molar-refractivity contribution in [2.45, 2.75) is 25.4 Å². The van der Waals surface area contributed by atoms with Crippen molar-refractivity contribution in [1.82, 2.24) is 9.80 Å². The average Bonchev–Trinajstić information content (AvgIpc) is 2.73. The number of benzene rings is 2. The lowest BCUT2D eigenvalue weighted by Gasteiger charge is -2.37. The number of amides is 1. The Morgan fingerprint density at radius 1 is 1.28 bits per heavy atom. The van der Waals surface area contributed by atoms with Crippen LogP contribution in [0.2, 0.25) is 0 Å². The number of nitrogens with two attached hydrogens (primary N) is 1. The Morgan fingerprint density at radius 2 is 1.93 bits per heavy atom. The van der Waals surface area contributed by atoms with Crippen molar-refractivity contribution in [3.05, 3.63) is 63.7 Å². The van der Waals surface area contributed by atoms with Gasteiger partial charge in [-0.05, 0) is 18.4 Å². The summed E-state index contributed by atoms with van der Waals surface area (Å²) in [6.07, 6.45) is 1.68. The second-order valence-electron chi connectivity index (χ2n) is 7.28. The molecule has 1 fully saturated rings. The third-order valence-electron chi connectivity index (χ3n) is 5.45. The Balaban J connectivity index is 1.68. The van der Waals surface area contributed by atoms with Crippen LogP contribution in [0.5, 0.6) is 5.75 Å². The molecule has 1 amide bonds. The molecule has 0 aliphatic carbocycles. The molecule has 1 saturated heterocycles. The van der Waals surface area contributed by atoms with Crippen molar-refractivity contribution < 1.29 is 14.5 Å². The molecule has 3 rings (SSSR count). The Kier molecular flexibility index (Phi) is 6.33. The summed E-state index contributed by atoms with van der Waals surface area (Å²) in [5.74, 6) is -0.0575. The lowest BCUT2D eigenvalue weighted by molar-refractivity contribution is -0.383. The number of carbonyl (C=O) groups excluding carboxylic acids is 1. The van der Waals surface area contributed by atoms with E-state index in [0.29, 0.717) is 0 Å². The number of nitro groups is 1. The minimum atomic E-state index is -0.590. The second-order valence-corrected chi connectivity index (χ2v) is 7.28. The van der Waals surface area contributed by atoms with Gasteiger partial charge >= 0.3 is 0 Å². The zero-order chi connectivity index (χ0) is 21.0. The van der Waals surface area contributed by atoms with Crippen LogP contribution in [0.4, 0.5) is 11.4 Å². The van der Waals surface area contributed by atoms with Gasteiger partial charge in [-0.25, -0.2) is 0 Å². The van der Waals surface area contributed by atoms with Crippen LogP contribution in [0.1, 0.15) is 28.8 Å². The quantitative estimate of drug-likeness (QED) is 0.456. The van der Waals surface area contributed by atoms with E-state index in [1.165, 1.54) is 24.8 Å². The number of nitro benzene ring substituents is 1. The minimum Gasteiger partial charge on any atom is -0.496 e. The molecule has 0 bridgehead atoms. The first-order chi connectivity index (χ1) is 13.9. The summed E-state index contributed by atoms with van der Waals surface area (Å²) < 4.78 is 5.24. The number of hydrogen-bond donors (Lipinski definition) is 1. The van der Waals surface area contributed by atoms with E-state index in [0.717, 1.165) is 32.5 Å². The van der Waals surface area contributed by atoms with Crippen LogP contribution >= 0.6 is 0 Å². The number of nitrogens with zero attached hydrogens (tertiary/aromatic N) is 3. The maximum Gasteiger partial charge on any atom is 0.293 e. The monoisotopic (exact) mass is 398 g/mol. The summed E-state index contributed by atoms with van der Waals surface area (Å²) in [5, 5.41) is 11.2. The first-order valence-electron chi connectivity index (χ1n) is 9.56. The fourth-order valence-electron chi connectivity index (χ4n) is 3.74. The Morgan fingerprint density at radius 3 is 2.52 bits per heavy atom. The van der Waals surface area contributed by atoms with E-state index in [-0.39, 0.29) is 34.6 Å². The molecule has 1 heterocycles. The molecule has 8 nitrogen and oxygen atoms in total. The van der Waals surface area contributed by atoms with Gasteiger partial charge in [0.05, 0.1) is 17.6 Å². The zero-order valence-electron chi connectivity index (χ0n) is 16.7. The average molecular weight is 398 g/mol. The highest BCUT2D eigenvalue weighted by Gasteiger charge is 2.29. The number of likely N-dealkylation sites (tertiary alicyclic amines) is 1. The molecule has 0 spiro atoms. The molecule has 0 saturated carbocycles. The summed E-state index contributed by atoms with van der Waals surface area (Å²) in [6, 6.07) is 12.9. The van der Waals surface area contributed by atoms with Crippen LogP contribution in [0.3, 0.4) is 0 Å². The molecule has 0 radical (unpaired) electrons. The molecule has 0 atom stereocenters. The number of rotatable bonds is 6. The van der Waals surface area contributed by atoms with Gasteiger partial charge in [0.25, 0.3) is 11.6 Å². The second kappa shape index (κ2) is 8.91. The van der Waals surface area contributed by atoms with Crippen molar-refractivity contribution in [2.24, 2.45) is 0 Å². The van der Waals surface area contributed by atoms with Gasteiger partial charge < -0.3 is 15.4 Å². The van der Waals surface area contributed by atoms with Crippen LogP contribution in [0.15, 0.2) is 42.5 Å².